The lowest BCUT2D eigenvalue weighted by molar-refractivity contribution is -0.123. The van der Waals surface area contributed by atoms with Gasteiger partial charge in [-0.3, -0.25) is 4.79 Å². The average Bonchev–Trinajstić information content (AvgIpc) is 3.04. The molecule has 4 heteroatoms. The number of carbonyl (C=O) groups excluding carboxylic acids is 1. The number of rotatable bonds is 37. The van der Waals surface area contributed by atoms with E-state index >= 15 is 0 Å². The molecule has 0 radical (unpaired) electrons. The minimum Gasteiger partial charge on any atom is -0.394 e. The molecular weight excluding hydrogens is 554 g/mol. The Morgan fingerprint density at radius 3 is 1.16 bits per heavy atom. The maximum Gasteiger partial charge on any atom is 0.220 e. The molecule has 45 heavy (non-hydrogen) atoms. The summed E-state index contributed by atoms with van der Waals surface area (Å²) in [4.78, 5) is 12.3. The molecule has 0 spiro atoms. The van der Waals surface area contributed by atoms with Gasteiger partial charge in [0.05, 0.1) is 18.8 Å². The molecular formula is C41H81NO3. The van der Waals surface area contributed by atoms with Crippen molar-refractivity contribution in [1.82, 2.24) is 5.32 Å². The highest BCUT2D eigenvalue weighted by Crippen LogP contribution is 2.16. The monoisotopic (exact) mass is 636 g/mol. The summed E-state index contributed by atoms with van der Waals surface area (Å²) in [5, 5.41) is 22.9. The van der Waals surface area contributed by atoms with Gasteiger partial charge in [0.25, 0.3) is 0 Å². The topological polar surface area (TPSA) is 69.6 Å². The van der Waals surface area contributed by atoms with Crippen LogP contribution in [0.25, 0.3) is 0 Å². The molecule has 1 amide bonds. The van der Waals surface area contributed by atoms with Gasteiger partial charge in [-0.05, 0) is 19.3 Å². The molecule has 0 aromatic rings. The predicted octanol–water partition coefficient (Wildman–Crippen LogP) is 12.3. The highest BCUT2D eigenvalue weighted by Gasteiger charge is 2.17. The first-order valence-corrected chi connectivity index (χ1v) is 20.4. The summed E-state index contributed by atoms with van der Waals surface area (Å²) >= 11 is 0. The molecule has 0 rings (SSSR count). The van der Waals surface area contributed by atoms with Crippen LogP contribution in [0, 0.1) is 0 Å². The van der Waals surface area contributed by atoms with Gasteiger partial charge in [-0.1, -0.05) is 212 Å². The Balaban J connectivity index is 3.49. The second-order valence-electron chi connectivity index (χ2n) is 14.1. The summed E-state index contributed by atoms with van der Waals surface area (Å²) in [6.07, 6.45) is 46.0. The molecule has 0 bridgehead atoms. The van der Waals surface area contributed by atoms with Crippen molar-refractivity contribution in [3.05, 3.63) is 12.2 Å². The van der Waals surface area contributed by atoms with Crippen LogP contribution >= 0.6 is 0 Å². The van der Waals surface area contributed by atoms with Crippen LogP contribution in [0.2, 0.25) is 0 Å². The molecule has 0 aromatic heterocycles. The van der Waals surface area contributed by atoms with Gasteiger partial charge in [-0.25, -0.2) is 0 Å². The highest BCUT2D eigenvalue weighted by atomic mass is 16.3. The van der Waals surface area contributed by atoms with Crippen molar-refractivity contribution in [2.75, 3.05) is 6.61 Å². The number of aliphatic hydroxyl groups is 2. The molecule has 0 heterocycles. The largest absolute Gasteiger partial charge is 0.394 e. The standard InChI is InChI=1S/C41H81NO3/c1-3-5-7-9-11-13-15-16-17-18-19-20-21-22-23-24-25-27-29-31-33-35-37-41(45)42-39(38-43)40(44)36-34-32-30-28-26-14-12-10-8-6-4-2/h34,36,39-40,43-44H,3-33,35,37-38H2,1-2H3,(H,42,45)/b36-34+/t39-,40+/m0/s1. The minimum absolute atomic E-state index is 0.0615. The van der Waals surface area contributed by atoms with Crippen LogP contribution in [0.3, 0.4) is 0 Å². The molecule has 0 aliphatic heterocycles. The van der Waals surface area contributed by atoms with Gasteiger partial charge in [0.1, 0.15) is 0 Å². The van der Waals surface area contributed by atoms with E-state index in [1.54, 1.807) is 6.08 Å². The van der Waals surface area contributed by atoms with E-state index < -0.39 is 12.1 Å². The van der Waals surface area contributed by atoms with E-state index in [0.29, 0.717) is 6.42 Å². The number of carbonyl (C=O) groups is 1. The molecule has 0 saturated carbocycles. The summed E-state index contributed by atoms with van der Waals surface area (Å²) in [7, 11) is 0. The molecule has 3 N–H and O–H groups in total. The van der Waals surface area contributed by atoms with E-state index in [4.69, 9.17) is 0 Å². The van der Waals surface area contributed by atoms with E-state index in [9.17, 15) is 15.0 Å². The number of hydrogen-bond donors (Lipinski definition) is 3. The number of aliphatic hydroxyl groups excluding tert-OH is 2. The lowest BCUT2D eigenvalue weighted by Gasteiger charge is -2.20. The van der Waals surface area contributed by atoms with Crippen LogP contribution in [-0.4, -0.2) is 34.9 Å². The normalized spacial score (nSPS) is 13.1. The average molecular weight is 636 g/mol. The Morgan fingerprint density at radius 1 is 0.511 bits per heavy atom. The molecule has 2 atom stereocenters. The zero-order valence-corrected chi connectivity index (χ0v) is 30.7. The van der Waals surface area contributed by atoms with Crippen molar-refractivity contribution in [3.8, 4) is 0 Å². The molecule has 4 nitrogen and oxygen atoms in total. The first kappa shape index (κ1) is 44.1. The van der Waals surface area contributed by atoms with Crippen molar-refractivity contribution in [2.45, 2.75) is 238 Å². The predicted molar refractivity (Wildman–Crippen MR) is 198 cm³/mol. The molecule has 0 fully saturated rings. The second-order valence-corrected chi connectivity index (χ2v) is 14.1. The lowest BCUT2D eigenvalue weighted by Crippen LogP contribution is -2.45. The number of unbranched alkanes of at least 4 members (excludes halogenated alkanes) is 30. The van der Waals surface area contributed by atoms with Gasteiger partial charge < -0.3 is 15.5 Å². The summed E-state index contributed by atoms with van der Waals surface area (Å²) in [5.74, 6) is -0.0615. The van der Waals surface area contributed by atoms with Crippen LogP contribution in [0.5, 0.6) is 0 Å². The third kappa shape index (κ3) is 34.3. The third-order valence-electron chi connectivity index (χ3n) is 9.52. The molecule has 0 aliphatic rings. The van der Waals surface area contributed by atoms with Gasteiger partial charge in [0, 0.05) is 6.42 Å². The molecule has 0 aliphatic carbocycles. The highest BCUT2D eigenvalue weighted by molar-refractivity contribution is 5.76. The minimum atomic E-state index is -0.831. The fourth-order valence-electron chi connectivity index (χ4n) is 6.35. The quantitative estimate of drug-likeness (QED) is 0.0470. The first-order valence-electron chi connectivity index (χ1n) is 20.4. The number of amides is 1. The zero-order valence-electron chi connectivity index (χ0n) is 30.7. The Labute approximate surface area is 282 Å². The first-order chi connectivity index (χ1) is 22.2. The molecule has 0 aromatic carbocycles. The van der Waals surface area contributed by atoms with Crippen LogP contribution in [0.4, 0.5) is 0 Å². The van der Waals surface area contributed by atoms with Gasteiger partial charge in [0.2, 0.25) is 5.91 Å². The fourth-order valence-corrected chi connectivity index (χ4v) is 6.35. The summed E-state index contributed by atoms with van der Waals surface area (Å²) in [6.45, 7) is 4.31. The number of nitrogens with one attached hydrogen (secondary N) is 1. The van der Waals surface area contributed by atoms with Crippen molar-refractivity contribution in [1.29, 1.82) is 0 Å². The van der Waals surface area contributed by atoms with Gasteiger partial charge in [-0.2, -0.15) is 0 Å². The van der Waals surface area contributed by atoms with E-state index in [1.165, 1.54) is 180 Å². The Hall–Kier alpha value is -0.870. The lowest BCUT2D eigenvalue weighted by atomic mass is 10.0. The fraction of sp³-hybridized carbons (Fsp3) is 0.927. The summed E-state index contributed by atoms with van der Waals surface area (Å²) in [6, 6.07) is -0.614. The van der Waals surface area contributed by atoms with E-state index in [0.717, 1.165) is 25.7 Å². The van der Waals surface area contributed by atoms with Crippen molar-refractivity contribution >= 4 is 5.91 Å². The van der Waals surface area contributed by atoms with Gasteiger partial charge in [-0.15, -0.1) is 0 Å². The van der Waals surface area contributed by atoms with Gasteiger partial charge in [0.15, 0.2) is 0 Å². The van der Waals surface area contributed by atoms with Crippen LogP contribution < -0.4 is 5.32 Å². The maximum atomic E-state index is 12.3. The smallest absolute Gasteiger partial charge is 0.220 e. The Bertz CT molecular complexity index is 608. The SMILES string of the molecule is CCCCCCCCCCC/C=C/[C@@H](O)[C@H](CO)NC(=O)CCCCCCCCCCCCCCCCCCCCCCCC. The summed E-state index contributed by atoms with van der Waals surface area (Å²) in [5.41, 5.74) is 0. The van der Waals surface area contributed by atoms with Gasteiger partial charge >= 0.3 is 0 Å². The number of allylic oxidation sites excluding steroid dienone is 1. The van der Waals surface area contributed by atoms with E-state index in [1.807, 2.05) is 6.08 Å². The molecule has 0 saturated heterocycles. The zero-order chi connectivity index (χ0) is 32.9. The Kier molecular flexibility index (Phi) is 36.9. The van der Waals surface area contributed by atoms with Crippen molar-refractivity contribution in [2.24, 2.45) is 0 Å². The van der Waals surface area contributed by atoms with Crippen LogP contribution in [0.1, 0.15) is 226 Å². The number of hydrogen-bond acceptors (Lipinski definition) is 3. The molecule has 268 valence electrons. The molecule has 0 unspecified atom stereocenters. The second kappa shape index (κ2) is 37.6. The van der Waals surface area contributed by atoms with Crippen LogP contribution in [-0.2, 0) is 4.79 Å². The maximum absolute atomic E-state index is 12.3. The van der Waals surface area contributed by atoms with Crippen molar-refractivity contribution < 1.29 is 15.0 Å². The summed E-state index contributed by atoms with van der Waals surface area (Å²) < 4.78 is 0. The van der Waals surface area contributed by atoms with Crippen LogP contribution in [0.15, 0.2) is 12.2 Å². The third-order valence-corrected chi connectivity index (χ3v) is 9.52. The van der Waals surface area contributed by atoms with Crippen molar-refractivity contribution in [3.63, 3.8) is 0 Å². The Morgan fingerprint density at radius 2 is 0.822 bits per heavy atom. The van der Waals surface area contributed by atoms with E-state index in [-0.39, 0.29) is 12.5 Å². The van der Waals surface area contributed by atoms with E-state index in [2.05, 4.69) is 19.2 Å².